The number of furan rings is 1. The predicted octanol–water partition coefficient (Wildman–Crippen LogP) is 2.85. The summed E-state index contributed by atoms with van der Waals surface area (Å²) in [7, 11) is 0. The van der Waals surface area contributed by atoms with Crippen LogP contribution in [0.2, 0.25) is 5.02 Å². The van der Waals surface area contributed by atoms with Crippen molar-refractivity contribution in [2.45, 2.75) is 6.54 Å². The van der Waals surface area contributed by atoms with E-state index in [0.29, 0.717) is 48.6 Å². The minimum atomic E-state index is -0.330. The molecule has 0 N–H and O–H groups in total. The maximum Gasteiger partial charge on any atom is 0.292 e. The average molecular weight is 439 g/mol. The van der Waals surface area contributed by atoms with Gasteiger partial charge in [-0.1, -0.05) is 29.8 Å². The van der Waals surface area contributed by atoms with Crippen LogP contribution in [0.1, 0.15) is 5.89 Å². The smallest absolute Gasteiger partial charge is 0.292 e. The highest BCUT2D eigenvalue weighted by Crippen LogP contribution is 2.24. The largest absolute Gasteiger partial charge is 0.459 e. The van der Waals surface area contributed by atoms with Crippen LogP contribution < -0.4 is 10.5 Å². The summed E-state index contributed by atoms with van der Waals surface area (Å²) in [4.78, 5) is 17.0. The first-order valence-electron chi connectivity index (χ1n) is 9.86. The van der Waals surface area contributed by atoms with Gasteiger partial charge in [0.25, 0.3) is 11.4 Å². The number of aromatic nitrogens is 4. The highest BCUT2D eigenvalue weighted by atomic mass is 35.5. The SMILES string of the molecule is O=c1c(Cl)c(N2CCN(Cc3nnc(-c4ccco4)o3)CC2)cnn1-c1ccccc1. The molecule has 0 saturated carbocycles. The summed E-state index contributed by atoms with van der Waals surface area (Å²) < 4.78 is 12.3. The number of rotatable bonds is 5. The molecule has 4 aromatic rings. The van der Waals surface area contributed by atoms with Crippen LogP contribution in [0, 0.1) is 0 Å². The van der Waals surface area contributed by atoms with Crippen molar-refractivity contribution >= 4 is 17.3 Å². The van der Waals surface area contributed by atoms with Crippen molar-refractivity contribution < 1.29 is 8.83 Å². The number of hydrogen-bond donors (Lipinski definition) is 0. The van der Waals surface area contributed by atoms with E-state index in [1.165, 1.54) is 4.68 Å². The second-order valence-corrected chi connectivity index (χ2v) is 7.52. The average Bonchev–Trinajstić information content (AvgIpc) is 3.49. The Bertz CT molecular complexity index is 1210. The lowest BCUT2D eigenvalue weighted by Crippen LogP contribution is -2.46. The fourth-order valence-corrected chi connectivity index (χ4v) is 3.80. The maximum atomic E-state index is 12.7. The predicted molar refractivity (Wildman–Crippen MR) is 114 cm³/mol. The Morgan fingerprint density at radius 2 is 1.81 bits per heavy atom. The van der Waals surface area contributed by atoms with Gasteiger partial charge in [0.2, 0.25) is 5.89 Å². The number of anilines is 1. The molecule has 0 unspecified atom stereocenters. The summed E-state index contributed by atoms with van der Waals surface area (Å²) in [6, 6.07) is 12.8. The molecule has 4 heterocycles. The van der Waals surface area contributed by atoms with Crippen LogP contribution >= 0.6 is 11.6 Å². The summed E-state index contributed by atoms with van der Waals surface area (Å²) in [5.74, 6) is 1.46. The molecule has 158 valence electrons. The first kappa shape index (κ1) is 19.5. The van der Waals surface area contributed by atoms with Crippen molar-refractivity contribution in [2.75, 3.05) is 31.1 Å². The first-order valence-corrected chi connectivity index (χ1v) is 10.2. The molecule has 0 amide bonds. The molecular formula is C21H19ClN6O3. The van der Waals surface area contributed by atoms with Crippen molar-refractivity contribution in [2.24, 2.45) is 0 Å². The molecule has 1 saturated heterocycles. The number of nitrogens with zero attached hydrogens (tertiary/aromatic N) is 6. The van der Waals surface area contributed by atoms with Gasteiger partial charge in [0.1, 0.15) is 5.02 Å². The van der Waals surface area contributed by atoms with Gasteiger partial charge in [0.05, 0.1) is 30.4 Å². The van der Waals surface area contributed by atoms with Gasteiger partial charge in [-0.3, -0.25) is 9.69 Å². The minimum Gasteiger partial charge on any atom is -0.459 e. The highest BCUT2D eigenvalue weighted by Gasteiger charge is 2.23. The van der Waals surface area contributed by atoms with Crippen molar-refractivity contribution in [1.82, 2.24) is 24.9 Å². The van der Waals surface area contributed by atoms with E-state index in [1.54, 1.807) is 24.6 Å². The Morgan fingerprint density at radius 1 is 1.00 bits per heavy atom. The zero-order valence-electron chi connectivity index (χ0n) is 16.5. The number of hydrogen-bond acceptors (Lipinski definition) is 8. The van der Waals surface area contributed by atoms with E-state index in [0.717, 1.165) is 13.1 Å². The third-order valence-electron chi connectivity index (χ3n) is 5.17. The fraction of sp³-hybridized carbons (Fsp3) is 0.238. The minimum absolute atomic E-state index is 0.173. The summed E-state index contributed by atoms with van der Waals surface area (Å²) >= 11 is 6.43. The van der Waals surface area contributed by atoms with E-state index in [4.69, 9.17) is 20.4 Å². The Morgan fingerprint density at radius 3 is 2.55 bits per heavy atom. The summed E-state index contributed by atoms with van der Waals surface area (Å²) in [6.07, 6.45) is 3.22. The van der Waals surface area contributed by atoms with Gasteiger partial charge in [0.15, 0.2) is 5.76 Å². The standard InChI is InChI=1S/C21H19ClN6O3/c22-19-16(13-23-28(21(19)29)15-5-2-1-3-6-15)27-10-8-26(9-11-27)14-18-24-25-20(31-18)17-7-4-12-30-17/h1-7,12-13H,8-11,14H2. The third-order valence-corrected chi connectivity index (χ3v) is 5.53. The third kappa shape index (κ3) is 3.97. The molecule has 1 aliphatic rings. The lowest BCUT2D eigenvalue weighted by atomic mass is 10.2. The second-order valence-electron chi connectivity index (χ2n) is 7.14. The normalized spacial score (nSPS) is 14.8. The number of piperazine rings is 1. The first-order chi connectivity index (χ1) is 15.2. The molecule has 0 aliphatic carbocycles. The van der Waals surface area contributed by atoms with Crippen LogP contribution in [0.25, 0.3) is 17.3 Å². The molecule has 10 heteroatoms. The molecule has 1 fully saturated rings. The van der Waals surface area contributed by atoms with Crippen LogP contribution in [0.4, 0.5) is 5.69 Å². The molecule has 0 spiro atoms. The molecule has 3 aromatic heterocycles. The van der Waals surface area contributed by atoms with Crippen LogP contribution in [-0.2, 0) is 6.54 Å². The molecule has 1 aromatic carbocycles. The van der Waals surface area contributed by atoms with E-state index < -0.39 is 0 Å². The molecule has 1 aliphatic heterocycles. The lowest BCUT2D eigenvalue weighted by molar-refractivity contribution is 0.226. The molecule has 9 nitrogen and oxygen atoms in total. The quantitative estimate of drug-likeness (QED) is 0.469. The molecular weight excluding hydrogens is 420 g/mol. The molecule has 0 atom stereocenters. The van der Waals surface area contributed by atoms with Gasteiger partial charge in [-0.15, -0.1) is 10.2 Å². The highest BCUT2D eigenvalue weighted by molar-refractivity contribution is 6.33. The molecule has 0 bridgehead atoms. The second kappa shape index (κ2) is 8.37. The van der Waals surface area contributed by atoms with Crippen LogP contribution in [0.15, 0.2) is 68.6 Å². The Hall–Kier alpha value is -3.43. The van der Waals surface area contributed by atoms with Crippen molar-refractivity contribution in [3.05, 3.63) is 76.2 Å². The van der Waals surface area contributed by atoms with E-state index in [-0.39, 0.29) is 10.6 Å². The van der Waals surface area contributed by atoms with Gasteiger partial charge < -0.3 is 13.7 Å². The lowest BCUT2D eigenvalue weighted by Gasteiger charge is -2.35. The maximum absolute atomic E-state index is 12.7. The topological polar surface area (TPSA) is 93.4 Å². The van der Waals surface area contributed by atoms with Gasteiger partial charge >= 0.3 is 0 Å². The number of halogens is 1. The number of benzene rings is 1. The Labute approximate surface area is 182 Å². The van der Waals surface area contributed by atoms with Crippen molar-refractivity contribution in [3.8, 4) is 17.3 Å². The van der Waals surface area contributed by atoms with Crippen molar-refractivity contribution in [1.29, 1.82) is 0 Å². The Kier molecular flexibility index (Phi) is 5.27. The van der Waals surface area contributed by atoms with Gasteiger partial charge in [-0.25, -0.2) is 0 Å². The van der Waals surface area contributed by atoms with Crippen LogP contribution in [-0.4, -0.2) is 51.1 Å². The van der Waals surface area contributed by atoms with E-state index in [9.17, 15) is 4.79 Å². The Balaban J connectivity index is 1.25. The van der Waals surface area contributed by atoms with E-state index in [2.05, 4.69) is 25.1 Å². The summed E-state index contributed by atoms with van der Waals surface area (Å²) in [6.45, 7) is 3.47. The zero-order valence-corrected chi connectivity index (χ0v) is 17.3. The van der Waals surface area contributed by atoms with Gasteiger partial charge in [-0.2, -0.15) is 9.78 Å². The molecule has 0 radical (unpaired) electrons. The van der Waals surface area contributed by atoms with Gasteiger partial charge in [0, 0.05) is 26.2 Å². The summed E-state index contributed by atoms with van der Waals surface area (Å²) in [5.41, 5.74) is 1.000. The van der Waals surface area contributed by atoms with E-state index in [1.807, 2.05) is 30.3 Å². The number of para-hydroxylation sites is 1. The fourth-order valence-electron chi connectivity index (χ4n) is 3.55. The molecule has 5 rings (SSSR count). The van der Waals surface area contributed by atoms with Crippen molar-refractivity contribution in [3.63, 3.8) is 0 Å². The monoisotopic (exact) mass is 438 g/mol. The van der Waals surface area contributed by atoms with Crippen LogP contribution in [0.3, 0.4) is 0 Å². The van der Waals surface area contributed by atoms with Crippen LogP contribution in [0.5, 0.6) is 0 Å². The molecule has 31 heavy (non-hydrogen) atoms. The van der Waals surface area contributed by atoms with E-state index >= 15 is 0 Å². The van der Waals surface area contributed by atoms with Gasteiger partial charge in [-0.05, 0) is 24.3 Å². The summed E-state index contributed by atoms with van der Waals surface area (Å²) in [5, 5.41) is 12.6. The zero-order chi connectivity index (χ0) is 21.2.